The van der Waals surface area contributed by atoms with Crippen LogP contribution in [0.15, 0.2) is 10.6 Å². The van der Waals surface area contributed by atoms with Crippen LogP contribution in [0.1, 0.15) is 39.0 Å². The van der Waals surface area contributed by atoms with Gasteiger partial charge in [-0.15, -0.1) is 0 Å². The monoisotopic (exact) mass is 354 g/mol. The van der Waals surface area contributed by atoms with Crippen LogP contribution in [-0.2, 0) is 19.1 Å². The minimum atomic E-state index is -0.369. The third-order valence-electron chi connectivity index (χ3n) is 4.95. The quantitative estimate of drug-likeness (QED) is 0.773. The molecule has 24 heavy (non-hydrogen) atoms. The summed E-state index contributed by atoms with van der Waals surface area (Å²) in [6.07, 6.45) is 5.08. The number of nitrogens with two attached hydrogens (primary N) is 1. The number of esters is 1. The Morgan fingerprint density at radius 2 is 2.21 bits per heavy atom. The molecule has 3 heterocycles. The molecule has 0 aromatic rings. The van der Waals surface area contributed by atoms with Crippen LogP contribution in [0.2, 0.25) is 0 Å². The first-order valence-corrected chi connectivity index (χ1v) is 9.73. The van der Waals surface area contributed by atoms with E-state index >= 15 is 0 Å². The second-order valence-corrected chi connectivity index (χ2v) is 7.74. The zero-order valence-electron chi connectivity index (χ0n) is 14.2. The van der Waals surface area contributed by atoms with Crippen molar-refractivity contribution in [2.45, 2.75) is 50.4 Å². The van der Waals surface area contributed by atoms with E-state index in [2.05, 4.69) is 0 Å². The van der Waals surface area contributed by atoms with Crippen LogP contribution in [0.3, 0.4) is 0 Å². The van der Waals surface area contributed by atoms with E-state index < -0.39 is 0 Å². The third-order valence-corrected chi connectivity index (χ3v) is 6.21. The van der Waals surface area contributed by atoms with E-state index in [0.29, 0.717) is 23.8 Å². The molecule has 2 fully saturated rings. The molecule has 0 aliphatic carbocycles. The lowest BCUT2D eigenvalue weighted by Crippen LogP contribution is -2.43. The molecule has 7 heteroatoms. The number of hydrogen-bond acceptors (Lipinski definition) is 6. The van der Waals surface area contributed by atoms with Gasteiger partial charge in [-0.05, 0) is 39.0 Å². The SMILES string of the molecule is CCOC(=O)C1=C(N)SC2C(=O)N(CC3CCCCO3)CCCC12. The zero-order chi connectivity index (χ0) is 17.1. The highest BCUT2D eigenvalue weighted by molar-refractivity contribution is 8.04. The van der Waals surface area contributed by atoms with Gasteiger partial charge in [0.15, 0.2) is 0 Å². The topological polar surface area (TPSA) is 81.9 Å². The Hall–Kier alpha value is -1.21. The number of carbonyl (C=O) groups is 2. The summed E-state index contributed by atoms with van der Waals surface area (Å²) in [7, 11) is 0. The highest BCUT2D eigenvalue weighted by Gasteiger charge is 2.45. The molecule has 3 aliphatic rings. The molecule has 0 aromatic carbocycles. The molecule has 3 atom stereocenters. The molecular weight excluding hydrogens is 328 g/mol. The summed E-state index contributed by atoms with van der Waals surface area (Å²) >= 11 is 1.32. The summed E-state index contributed by atoms with van der Waals surface area (Å²) in [5.74, 6) is -0.412. The largest absolute Gasteiger partial charge is 0.463 e. The molecule has 0 spiro atoms. The van der Waals surface area contributed by atoms with Gasteiger partial charge in [-0.2, -0.15) is 0 Å². The molecule has 0 radical (unpaired) electrons. The van der Waals surface area contributed by atoms with Gasteiger partial charge in [-0.1, -0.05) is 11.8 Å². The van der Waals surface area contributed by atoms with Gasteiger partial charge in [-0.3, -0.25) is 4.79 Å². The number of rotatable bonds is 4. The van der Waals surface area contributed by atoms with Crippen LogP contribution in [-0.4, -0.2) is 54.4 Å². The predicted molar refractivity (Wildman–Crippen MR) is 92.1 cm³/mol. The molecule has 3 aliphatic heterocycles. The van der Waals surface area contributed by atoms with E-state index in [-0.39, 0.29) is 29.1 Å². The summed E-state index contributed by atoms with van der Waals surface area (Å²) in [6, 6.07) is 0. The standard InChI is InChI=1S/C17H26N2O4S/c1-2-22-17(21)13-12-7-5-8-19(10-11-6-3-4-9-23-11)16(20)14(12)24-15(13)18/h11-12,14H,2-10,18H2,1H3. The van der Waals surface area contributed by atoms with Crippen LogP contribution in [0.4, 0.5) is 0 Å². The number of amides is 1. The number of ether oxygens (including phenoxy) is 2. The molecule has 3 rings (SSSR count). The fraction of sp³-hybridized carbons (Fsp3) is 0.765. The molecule has 0 saturated carbocycles. The van der Waals surface area contributed by atoms with E-state index in [1.165, 1.54) is 11.8 Å². The van der Waals surface area contributed by atoms with Crippen molar-refractivity contribution in [1.82, 2.24) is 4.90 Å². The number of likely N-dealkylation sites (tertiary alicyclic amines) is 1. The average Bonchev–Trinajstić information content (AvgIpc) is 2.83. The lowest BCUT2D eigenvalue weighted by Gasteiger charge is -2.30. The maximum Gasteiger partial charge on any atom is 0.336 e. The number of fused-ring (bicyclic) bond motifs is 1. The molecule has 0 aromatic heterocycles. The van der Waals surface area contributed by atoms with Gasteiger partial charge in [0.2, 0.25) is 5.91 Å². The van der Waals surface area contributed by atoms with Gasteiger partial charge in [0.05, 0.1) is 28.6 Å². The van der Waals surface area contributed by atoms with Gasteiger partial charge in [0.25, 0.3) is 0 Å². The second kappa shape index (κ2) is 7.78. The van der Waals surface area contributed by atoms with Crippen LogP contribution >= 0.6 is 11.8 Å². The fourth-order valence-corrected chi connectivity index (χ4v) is 5.09. The Bertz CT molecular complexity index is 531. The molecule has 6 nitrogen and oxygen atoms in total. The van der Waals surface area contributed by atoms with Crippen molar-refractivity contribution in [3.8, 4) is 0 Å². The first kappa shape index (κ1) is 17.6. The van der Waals surface area contributed by atoms with Crippen molar-refractivity contribution in [2.24, 2.45) is 11.7 Å². The second-order valence-electron chi connectivity index (χ2n) is 6.56. The number of thioether (sulfide) groups is 1. The van der Waals surface area contributed by atoms with Crippen LogP contribution in [0.5, 0.6) is 0 Å². The van der Waals surface area contributed by atoms with Crippen molar-refractivity contribution >= 4 is 23.6 Å². The Balaban J connectivity index is 1.70. The predicted octanol–water partition coefficient (Wildman–Crippen LogP) is 1.64. The Morgan fingerprint density at radius 3 is 2.92 bits per heavy atom. The van der Waals surface area contributed by atoms with Gasteiger partial charge in [0.1, 0.15) is 0 Å². The minimum Gasteiger partial charge on any atom is -0.463 e. The molecule has 2 N–H and O–H groups in total. The normalized spacial score (nSPS) is 31.0. The zero-order valence-corrected chi connectivity index (χ0v) is 15.0. The van der Waals surface area contributed by atoms with E-state index in [9.17, 15) is 9.59 Å². The molecule has 3 unspecified atom stereocenters. The highest BCUT2D eigenvalue weighted by Crippen LogP contribution is 2.44. The van der Waals surface area contributed by atoms with Crippen molar-refractivity contribution in [1.29, 1.82) is 0 Å². The number of carbonyl (C=O) groups excluding carboxylic acids is 2. The smallest absolute Gasteiger partial charge is 0.336 e. The third kappa shape index (κ3) is 3.57. The van der Waals surface area contributed by atoms with Crippen molar-refractivity contribution in [2.75, 3.05) is 26.3 Å². The van der Waals surface area contributed by atoms with Crippen LogP contribution < -0.4 is 5.73 Å². The first-order chi connectivity index (χ1) is 11.6. The molecular formula is C17H26N2O4S. The summed E-state index contributed by atoms with van der Waals surface area (Å²) in [6.45, 7) is 4.25. The molecule has 1 amide bonds. The minimum absolute atomic E-state index is 0.0823. The maximum atomic E-state index is 13.0. The first-order valence-electron chi connectivity index (χ1n) is 8.85. The summed E-state index contributed by atoms with van der Waals surface area (Å²) in [5.41, 5.74) is 6.57. The van der Waals surface area contributed by atoms with Crippen LogP contribution in [0.25, 0.3) is 0 Å². The van der Waals surface area contributed by atoms with E-state index in [0.717, 1.165) is 45.3 Å². The summed E-state index contributed by atoms with van der Waals surface area (Å²) in [4.78, 5) is 27.1. The van der Waals surface area contributed by atoms with E-state index in [4.69, 9.17) is 15.2 Å². The van der Waals surface area contributed by atoms with E-state index in [1.807, 2.05) is 4.90 Å². The lowest BCUT2D eigenvalue weighted by atomic mass is 9.92. The van der Waals surface area contributed by atoms with Crippen molar-refractivity contribution < 1.29 is 19.1 Å². The molecule has 2 saturated heterocycles. The molecule has 134 valence electrons. The lowest BCUT2D eigenvalue weighted by molar-refractivity contribution is -0.139. The van der Waals surface area contributed by atoms with Gasteiger partial charge >= 0.3 is 5.97 Å². The van der Waals surface area contributed by atoms with Gasteiger partial charge in [0, 0.05) is 25.6 Å². The summed E-state index contributed by atoms with van der Waals surface area (Å²) < 4.78 is 10.9. The van der Waals surface area contributed by atoms with Crippen molar-refractivity contribution in [3.05, 3.63) is 10.6 Å². The molecule has 0 bridgehead atoms. The Morgan fingerprint density at radius 1 is 1.38 bits per heavy atom. The number of hydrogen-bond donors (Lipinski definition) is 1. The highest BCUT2D eigenvalue weighted by atomic mass is 32.2. The van der Waals surface area contributed by atoms with Gasteiger partial charge in [-0.25, -0.2) is 4.79 Å². The average molecular weight is 354 g/mol. The van der Waals surface area contributed by atoms with E-state index in [1.54, 1.807) is 6.92 Å². The van der Waals surface area contributed by atoms with Gasteiger partial charge < -0.3 is 20.1 Å². The Labute approximate surface area is 147 Å². The van der Waals surface area contributed by atoms with Crippen molar-refractivity contribution in [3.63, 3.8) is 0 Å². The van der Waals surface area contributed by atoms with Crippen LogP contribution in [0, 0.1) is 5.92 Å². The fourth-order valence-electron chi connectivity index (χ4n) is 3.77. The Kier molecular flexibility index (Phi) is 5.71. The summed E-state index contributed by atoms with van der Waals surface area (Å²) in [5, 5.41) is 0.156. The maximum absolute atomic E-state index is 13.0. The number of nitrogens with zero attached hydrogens (tertiary/aromatic N) is 1.